The number of thioether (sulfide) groups is 2. The molecule has 0 unspecified atom stereocenters. The van der Waals surface area contributed by atoms with Crippen molar-refractivity contribution >= 4 is 48.3 Å². The van der Waals surface area contributed by atoms with Gasteiger partial charge in [0.1, 0.15) is 31.0 Å². The SMILES string of the molecule is CSCCNc1ncnc2c1ncn2[C@]1(SCCC(F)(F)F)O[C@H](COP(=O)(O)O)[C@@H](O)[C@H]1O. The van der Waals surface area contributed by atoms with Crippen LogP contribution in [0.2, 0.25) is 0 Å². The molecule has 0 saturated carbocycles. The molecule has 0 spiro atoms. The van der Waals surface area contributed by atoms with Crippen LogP contribution in [-0.2, 0) is 18.9 Å². The summed E-state index contributed by atoms with van der Waals surface area (Å²) in [5.41, 5.74) is 0.351. The van der Waals surface area contributed by atoms with Crippen LogP contribution in [0.5, 0.6) is 0 Å². The van der Waals surface area contributed by atoms with Crippen molar-refractivity contribution < 1.29 is 47.0 Å². The van der Waals surface area contributed by atoms with E-state index < -0.39 is 56.1 Å². The van der Waals surface area contributed by atoms with E-state index in [-0.39, 0.29) is 11.2 Å². The first kappa shape index (κ1) is 27.4. The number of nitrogens with zero attached hydrogens (tertiary/aromatic N) is 4. The average Bonchev–Trinajstić information content (AvgIpc) is 3.27. The molecule has 3 rings (SSSR count). The second-order valence-corrected chi connectivity index (χ2v) is 10.7. The van der Waals surface area contributed by atoms with Crippen molar-refractivity contribution in [2.45, 2.75) is 36.0 Å². The van der Waals surface area contributed by atoms with Crippen LogP contribution in [-0.4, -0.2) is 94.9 Å². The molecule has 3 heterocycles. The molecule has 0 aliphatic carbocycles. The maximum atomic E-state index is 12.8. The third-order valence-electron chi connectivity index (χ3n) is 4.77. The molecule has 18 heteroatoms. The van der Waals surface area contributed by atoms with Gasteiger partial charge in [0, 0.05) is 18.1 Å². The number of imidazole rings is 1. The van der Waals surface area contributed by atoms with Gasteiger partial charge in [-0.05, 0) is 6.26 Å². The van der Waals surface area contributed by atoms with Gasteiger partial charge in [-0.15, -0.1) is 11.8 Å². The highest BCUT2D eigenvalue weighted by atomic mass is 32.2. The minimum atomic E-state index is -4.95. The molecule has 0 bridgehead atoms. The van der Waals surface area contributed by atoms with Crippen LogP contribution < -0.4 is 5.32 Å². The first-order valence-electron chi connectivity index (χ1n) is 9.74. The third-order valence-corrected chi connectivity index (χ3v) is 7.22. The predicted octanol–water partition coefficient (Wildman–Crippen LogP) is 1.13. The Morgan fingerprint density at radius 2 is 2.03 bits per heavy atom. The highest BCUT2D eigenvalue weighted by Crippen LogP contribution is 2.48. The minimum Gasteiger partial charge on any atom is -0.387 e. The molecule has 5 N–H and O–H groups in total. The number of rotatable bonds is 11. The summed E-state index contributed by atoms with van der Waals surface area (Å²) in [7, 11) is -4.95. The van der Waals surface area contributed by atoms with E-state index >= 15 is 0 Å². The summed E-state index contributed by atoms with van der Waals surface area (Å²) >= 11 is 2.14. The van der Waals surface area contributed by atoms with Crippen molar-refractivity contribution in [1.82, 2.24) is 19.5 Å². The molecule has 0 aromatic carbocycles. The van der Waals surface area contributed by atoms with Crippen LogP contribution in [0.3, 0.4) is 0 Å². The second-order valence-electron chi connectivity index (χ2n) is 7.15. The molecule has 192 valence electrons. The van der Waals surface area contributed by atoms with E-state index in [4.69, 9.17) is 14.5 Å². The van der Waals surface area contributed by atoms with Gasteiger partial charge in [0.2, 0.25) is 5.06 Å². The molecule has 2 aromatic heterocycles. The first-order chi connectivity index (χ1) is 15.9. The van der Waals surface area contributed by atoms with Crippen LogP contribution in [0.4, 0.5) is 19.0 Å². The number of alkyl halides is 3. The van der Waals surface area contributed by atoms with Gasteiger partial charge in [0.15, 0.2) is 17.0 Å². The van der Waals surface area contributed by atoms with Crippen LogP contribution in [0.1, 0.15) is 6.42 Å². The normalized spacial score (nSPS) is 25.8. The van der Waals surface area contributed by atoms with E-state index in [1.165, 1.54) is 17.2 Å². The van der Waals surface area contributed by atoms with Gasteiger partial charge >= 0.3 is 14.0 Å². The molecule has 34 heavy (non-hydrogen) atoms. The fourth-order valence-corrected chi connectivity index (χ4v) is 5.29. The lowest BCUT2D eigenvalue weighted by Crippen LogP contribution is -2.43. The number of aliphatic hydroxyl groups is 2. The van der Waals surface area contributed by atoms with Crippen molar-refractivity contribution in [1.29, 1.82) is 0 Å². The average molecular weight is 549 g/mol. The molecule has 1 saturated heterocycles. The molecule has 0 radical (unpaired) electrons. The fourth-order valence-electron chi connectivity index (χ4n) is 3.24. The summed E-state index contributed by atoms with van der Waals surface area (Å²) in [5, 5.41) is 22.4. The number of nitrogens with one attached hydrogen (secondary N) is 1. The minimum absolute atomic E-state index is 0.101. The van der Waals surface area contributed by atoms with Crippen LogP contribution in [0, 0.1) is 0 Å². The summed E-state index contributed by atoms with van der Waals surface area (Å²) in [6.07, 6.45) is -6.46. The summed E-state index contributed by atoms with van der Waals surface area (Å²) < 4.78 is 60.9. The van der Waals surface area contributed by atoms with E-state index in [1.807, 2.05) is 6.26 Å². The van der Waals surface area contributed by atoms with Gasteiger partial charge in [-0.2, -0.15) is 24.9 Å². The lowest BCUT2D eigenvalue weighted by molar-refractivity contribution is -0.130. The number of aromatic nitrogens is 4. The number of aliphatic hydroxyl groups excluding tert-OH is 2. The monoisotopic (exact) mass is 549 g/mol. The number of anilines is 1. The second kappa shape index (κ2) is 10.8. The van der Waals surface area contributed by atoms with E-state index in [1.54, 1.807) is 11.8 Å². The van der Waals surface area contributed by atoms with Crippen molar-refractivity contribution in [3.05, 3.63) is 12.7 Å². The van der Waals surface area contributed by atoms with Gasteiger partial charge in [-0.25, -0.2) is 19.5 Å². The smallest absolute Gasteiger partial charge is 0.387 e. The summed E-state index contributed by atoms with van der Waals surface area (Å²) in [6.45, 7) is -0.279. The number of hydrogen-bond acceptors (Lipinski definition) is 11. The number of phosphoric acid groups is 1. The Kier molecular flexibility index (Phi) is 8.74. The largest absolute Gasteiger partial charge is 0.469 e. The van der Waals surface area contributed by atoms with Crippen LogP contribution in [0.25, 0.3) is 11.2 Å². The quantitative estimate of drug-likeness (QED) is 0.200. The van der Waals surface area contributed by atoms with E-state index in [2.05, 4.69) is 24.8 Å². The van der Waals surface area contributed by atoms with Gasteiger partial charge < -0.3 is 30.1 Å². The zero-order valence-corrected chi connectivity index (χ0v) is 20.1. The highest BCUT2D eigenvalue weighted by Gasteiger charge is 2.57. The Hall–Kier alpha value is -1.17. The van der Waals surface area contributed by atoms with Gasteiger partial charge in [0.05, 0.1) is 13.0 Å². The Morgan fingerprint density at radius 1 is 1.29 bits per heavy atom. The summed E-state index contributed by atoms with van der Waals surface area (Å²) in [5.74, 6) is 0.546. The van der Waals surface area contributed by atoms with Gasteiger partial charge in [-0.1, -0.05) is 0 Å². The number of hydrogen-bond donors (Lipinski definition) is 5. The maximum Gasteiger partial charge on any atom is 0.469 e. The number of ether oxygens (including phenoxy) is 1. The summed E-state index contributed by atoms with van der Waals surface area (Å²) in [4.78, 5) is 30.4. The molecule has 1 fully saturated rings. The number of halogens is 3. The zero-order valence-electron chi connectivity index (χ0n) is 17.6. The molecule has 2 aromatic rings. The fraction of sp³-hybridized carbons (Fsp3) is 0.688. The lowest BCUT2D eigenvalue weighted by Gasteiger charge is -2.33. The Balaban J connectivity index is 1.99. The van der Waals surface area contributed by atoms with E-state index in [0.717, 1.165) is 5.75 Å². The Labute approximate surface area is 199 Å². The first-order valence-corrected chi connectivity index (χ1v) is 13.6. The number of fused-ring (bicyclic) bond motifs is 1. The van der Waals surface area contributed by atoms with Crippen LogP contribution in [0.15, 0.2) is 12.7 Å². The van der Waals surface area contributed by atoms with E-state index in [9.17, 15) is 27.9 Å². The highest BCUT2D eigenvalue weighted by molar-refractivity contribution is 7.99. The van der Waals surface area contributed by atoms with Crippen molar-refractivity contribution in [3.63, 3.8) is 0 Å². The molecule has 12 nitrogen and oxygen atoms in total. The zero-order chi connectivity index (χ0) is 25.1. The van der Waals surface area contributed by atoms with E-state index in [0.29, 0.717) is 24.1 Å². The van der Waals surface area contributed by atoms with Gasteiger partial charge in [-0.3, -0.25) is 9.09 Å². The third kappa shape index (κ3) is 6.33. The van der Waals surface area contributed by atoms with Crippen LogP contribution >= 0.6 is 31.3 Å². The Morgan fingerprint density at radius 3 is 2.68 bits per heavy atom. The molecule has 1 aliphatic heterocycles. The molecule has 1 aliphatic rings. The standard InChI is InChI=1S/C16H23F3N5O7PS2/c1-33-5-3-20-13-10-14(22-7-21-13)24(8-23-10)16(34-4-2-15(17,18)19)12(26)11(25)9(31-16)6-30-32(27,28)29/h7-9,11-12,25-26H,2-6H2,1H3,(H,20,21,22)(H2,27,28,29)/t9-,11-,12-,16+/m1/s1. The van der Waals surface area contributed by atoms with Crippen molar-refractivity contribution in [2.24, 2.45) is 0 Å². The topological polar surface area (TPSA) is 172 Å². The molecular weight excluding hydrogens is 526 g/mol. The van der Waals surface area contributed by atoms with Crippen molar-refractivity contribution in [3.8, 4) is 0 Å². The lowest BCUT2D eigenvalue weighted by atomic mass is 10.1. The van der Waals surface area contributed by atoms with Gasteiger partial charge in [0.25, 0.3) is 0 Å². The summed E-state index contributed by atoms with van der Waals surface area (Å²) in [6, 6.07) is 0. The molecule has 4 atom stereocenters. The predicted molar refractivity (Wildman–Crippen MR) is 118 cm³/mol. The molecular formula is C16H23F3N5O7PS2. The Bertz CT molecular complexity index is 1030. The van der Waals surface area contributed by atoms with Crippen molar-refractivity contribution in [2.75, 3.05) is 36.2 Å². The maximum absolute atomic E-state index is 12.8. The number of phosphoric ester groups is 1. The molecule has 0 amide bonds.